The maximum Gasteiger partial charge on any atom is 0.123 e. The van der Waals surface area contributed by atoms with Crippen LogP contribution in [-0.2, 0) is 12.8 Å². The zero-order valence-corrected chi connectivity index (χ0v) is 23.6. The van der Waals surface area contributed by atoms with Gasteiger partial charge in [-0.3, -0.25) is 4.98 Å². The van der Waals surface area contributed by atoms with E-state index in [2.05, 4.69) is 85.0 Å². The van der Waals surface area contributed by atoms with Crippen LogP contribution < -0.4 is 0 Å². The lowest BCUT2D eigenvalue weighted by atomic mass is 9.74. The third-order valence-corrected chi connectivity index (χ3v) is 9.96. The number of hydrogen-bond acceptors (Lipinski definition) is 2. The lowest BCUT2D eigenvalue weighted by Crippen LogP contribution is -2.13. The molecule has 1 aromatic heterocycles. The molecular weight excluding hydrogens is 521 g/mol. The predicted molar refractivity (Wildman–Crippen MR) is 169 cm³/mol. The number of pyridine rings is 1. The molecule has 3 heteroatoms. The summed E-state index contributed by atoms with van der Waals surface area (Å²) >= 11 is 1.73. The second-order valence-electron chi connectivity index (χ2n) is 11.4. The van der Waals surface area contributed by atoms with Crippen LogP contribution in [-0.4, -0.2) is 4.98 Å². The van der Waals surface area contributed by atoms with Crippen molar-refractivity contribution in [3.05, 3.63) is 136 Å². The van der Waals surface area contributed by atoms with E-state index in [1.165, 1.54) is 62.4 Å². The first kappa shape index (κ1) is 24.8. The molecule has 200 valence electrons. The van der Waals surface area contributed by atoms with Crippen LogP contribution in [0.4, 0.5) is 4.39 Å². The predicted octanol–water partition coefficient (Wildman–Crippen LogP) is 10.4. The molecule has 1 atom stereocenters. The molecule has 0 saturated heterocycles. The summed E-state index contributed by atoms with van der Waals surface area (Å²) in [5.74, 6) is 0.588. The van der Waals surface area contributed by atoms with Gasteiger partial charge in [-0.05, 0) is 95.8 Å². The van der Waals surface area contributed by atoms with E-state index in [0.717, 1.165) is 35.1 Å². The van der Waals surface area contributed by atoms with Gasteiger partial charge in [0.1, 0.15) is 5.82 Å². The topological polar surface area (TPSA) is 12.9 Å². The summed E-state index contributed by atoms with van der Waals surface area (Å²) < 4.78 is 13.8. The molecule has 4 aromatic carbocycles. The molecule has 1 heterocycles. The van der Waals surface area contributed by atoms with Crippen LogP contribution in [0.15, 0.2) is 107 Å². The lowest BCUT2D eigenvalue weighted by Gasteiger charge is -2.29. The van der Waals surface area contributed by atoms with E-state index < -0.39 is 0 Å². The van der Waals surface area contributed by atoms with Gasteiger partial charge in [-0.15, -0.1) is 0 Å². The number of halogens is 1. The van der Waals surface area contributed by atoms with Crippen LogP contribution >= 0.6 is 11.8 Å². The van der Waals surface area contributed by atoms with Crippen LogP contribution in [0, 0.1) is 5.82 Å². The minimum Gasteiger partial charge on any atom is -0.252 e. The summed E-state index contributed by atoms with van der Waals surface area (Å²) in [6.07, 6.45) is 15.0. The molecule has 1 fully saturated rings. The van der Waals surface area contributed by atoms with Crippen molar-refractivity contribution < 1.29 is 4.39 Å². The van der Waals surface area contributed by atoms with Crippen molar-refractivity contribution in [1.82, 2.24) is 4.98 Å². The fraction of sp³-hybridized carbons (Fsp3) is 0.184. The second-order valence-corrected chi connectivity index (χ2v) is 12.5. The van der Waals surface area contributed by atoms with Crippen molar-refractivity contribution >= 4 is 34.8 Å². The number of hydrogen-bond donors (Lipinski definition) is 0. The van der Waals surface area contributed by atoms with Gasteiger partial charge in [-0.2, -0.15) is 0 Å². The highest BCUT2D eigenvalue weighted by Gasteiger charge is 2.30. The van der Waals surface area contributed by atoms with E-state index in [1.807, 2.05) is 12.1 Å². The number of allylic oxidation sites excluding steroid dienone is 2. The largest absolute Gasteiger partial charge is 0.252 e. The molecule has 8 rings (SSSR count). The summed E-state index contributed by atoms with van der Waals surface area (Å²) in [6, 6.07) is 28.9. The Morgan fingerprint density at radius 2 is 1.66 bits per heavy atom. The molecular formula is C38H30FNS. The van der Waals surface area contributed by atoms with Gasteiger partial charge < -0.3 is 0 Å². The molecule has 3 aliphatic rings. The lowest BCUT2D eigenvalue weighted by molar-refractivity contribution is 0.626. The van der Waals surface area contributed by atoms with E-state index in [1.54, 1.807) is 23.9 Å². The summed E-state index contributed by atoms with van der Waals surface area (Å²) in [5.41, 5.74) is 12.0. The summed E-state index contributed by atoms with van der Waals surface area (Å²) in [5, 5.41) is 1.15. The van der Waals surface area contributed by atoms with E-state index in [4.69, 9.17) is 4.98 Å². The number of nitrogens with zero attached hydrogens (tertiary/aromatic N) is 1. The smallest absolute Gasteiger partial charge is 0.123 e. The Balaban J connectivity index is 1.27. The number of para-hydroxylation sites is 1. The van der Waals surface area contributed by atoms with Crippen LogP contribution in [0.1, 0.15) is 64.6 Å². The SMILES string of the molecule is Fc1ccc(Sc2c(/C=C/C3Cc4c(ccc5c4CCC=C5)-c4ccccc43)c(C3CC3)nc3ccccc23)cc1. The van der Waals surface area contributed by atoms with Crippen molar-refractivity contribution in [1.29, 1.82) is 0 Å². The minimum absolute atomic E-state index is 0.207. The van der Waals surface area contributed by atoms with Gasteiger partial charge in [0.15, 0.2) is 0 Å². The molecule has 0 aliphatic heterocycles. The normalized spacial score (nSPS) is 17.4. The first-order valence-corrected chi connectivity index (χ1v) is 15.5. The highest BCUT2D eigenvalue weighted by molar-refractivity contribution is 7.99. The summed E-state index contributed by atoms with van der Waals surface area (Å²) in [4.78, 5) is 7.48. The van der Waals surface area contributed by atoms with Crippen molar-refractivity contribution in [3.63, 3.8) is 0 Å². The molecule has 1 saturated carbocycles. The highest BCUT2D eigenvalue weighted by Crippen LogP contribution is 2.48. The molecule has 3 aliphatic carbocycles. The molecule has 0 spiro atoms. The van der Waals surface area contributed by atoms with Crippen molar-refractivity contribution in [2.75, 3.05) is 0 Å². The zero-order chi connectivity index (χ0) is 27.3. The minimum atomic E-state index is -0.207. The van der Waals surface area contributed by atoms with Gasteiger partial charge >= 0.3 is 0 Å². The molecule has 1 unspecified atom stereocenters. The van der Waals surface area contributed by atoms with Gasteiger partial charge in [0.2, 0.25) is 0 Å². The van der Waals surface area contributed by atoms with E-state index in [0.29, 0.717) is 11.8 Å². The molecule has 1 nitrogen and oxygen atoms in total. The number of benzene rings is 4. The first-order valence-electron chi connectivity index (χ1n) is 14.7. The summed E-state index contributed by atoms with van der Waals surface area (Å²) in [6.45, 7) is 0. The van der Waals surface area contributed by atoms with Crippen LogP contribution in [0.25, 0.3) is 34.2 Å². The van der Waals surface area contributed by atoms with Gasteiger partial charge in [0.05, 0.1) is 11.2 Å². The quantitative estimate of drug-likeness (QED) is 0.215. The van der Waals surface area contributed by atoms with Gasteiger partial charge in [-0.1, -0.05) is 90.7 Å². The Kier molecular flexibility index (Phi) is 6.14. The maximum atomic E-state index is 13.8. The van der Waals surface area contributed by atoms with E-state index in [-0.39, 0.29) is 5.82 Å². The Bertz CT molecular complexity index is 1860. The highest BCUT2D eigenvalue weighted by atomic mass is 32.2. The molecule has 0 N–H and O–H groups in total. The summed E-state index contributed by atoms with van der Waals surface area (Å²) in [7, 11) is 0. The van der Waals surface area contributed by atoms with E-state index in [9.17, 15) is 4.39 Å². The fourth-order valence-corrected chi connectivity index (χ4v) is 7.71. The van der Waals surface area contributed by atoms with Gasteiger partial charge in [0.25, 0.3) is 0 Å². The van der Waals surface area contributed by atoms with Crippen LogP contribution in [0.5, 0.6) is 0 Å². The average molecular weight is 552 g/mol. The van der Waals surface area contributed by atoms with Gasteiger partial charge in [0, 0.05) is 32.6 Å². The van der Waals surface area contributed by atoms with E-state index >= 15 is 0 Å². The fourth-order valence-electron chi connectivity index (χ4n) is 6.64. The van der Waals surface area contributed by atoms with Crippen molar-refractivity contribution in [3.8, 4) is 11.1 Å². The third kappa shape index (κ3) is 4.53. The molecule has 0 radical (unpaired) electrons. The monoisotopic (exact) mass is 551 g/mol. The standard InChI is InChI=1S/C38H30FNS/c39-27-17-19-28(20-18-27)41-38-33-11-5-6-12-36(33)40-37(25-13-14-25)34(38)22-16-26-23-35-29-8-2-1-7-24(29)15-21-32(35)31-10-4-3-9-30(26)31/h1,3-7,9-12,15-22,25-26H,2,8,13-14,23H2/b22-16+. The number of fused-ring (bicyclic) bond motifs is 6. The maximum absolute atomic E-state index is 13.8. The zero-order valence-electron chi connectivity index (χ0n) is 22.8. The van der Waals surface area contributed by atoms with Gasteiger partial charge in [-0.25, -0.2) is 4.39 Å². The Morgan fingerprint density at radius 3 is 2.54 bits per heavy atom. The van der Waals surface area contributed by atoms with Crippen molar-refractivity contribution in [2.24, 2.45) is 0 Å². The second kappa shape index (κ2) is 10.2. The van der Waals surface area contributed by atoms with Crippen molar-refractivity contribution in [2.45, 2.75) is 53.7 Å². The number of rotatable bonds is 5. The van der Waals surface area contributed by atoms with Crippen LogP contribution in [0.3, 0.4) is 0 Å². The average Bonchev–Trinajstić information content (AvgIpc) is 3.87. The Hall–Kier alpha value is -3.95. The first-order chi connectivity index (χ1) is 20.2. The molecule has 5 aromatic rings. The Labute approximate surface area is 244 Å². The molecule has 0 amide bonds. The molecule has 41 heavy (non-hydrogen) atoms. The van der Waals surface area contributed by atoms with Crippen LogP contribution in [0.2, 0.25) is 0 Å². The third-order valence-electron chi connectivity index (χ3n) is 8.80. The Morgan fingerprint density at radius 1 is 0.829 bits per heavy atom. The number of aromatic nitrogens is 1. The molecule has 0 bridgehead atoms.